The molecule has 0 saturated heterocycles. The molecule has 0 amide bonds. The zero-order valence-corrected chi connectivity index (χ0v) is 18.9. The minimum atomic E-state index is -2.57. The van der Waals surface area contributed by atoms with Gasteiger partial charge in [0.2, 0.25) is 0 Å². The van der Waals surface area contributed by atoms with Crippen molar-refractivity contribution in [1.82, 2.24) is 0 Å². The number of nitrogens with two attached hydrogens (primary N) is 1. The Morgan fingerprint density at radius 3 is 1.86 bits per heavy atom. The summed E-state index contributed by atoms with van der Waals surface area (Å²) in [6.45, 7) is 7.68. The van der Waals surface area contributed by atoms with E-state index in [-0.39, 0.29) is 5.04 Å². The first-order chi connectivity index (χ1) is 14.0. The van der Waals surface area contributed by atoms with Crippen LogP contribution in [0.2, 0.25) is 5.04 Å². The van der Waals surface area contributed by atoms with Crippen LogP contribution in [0.15, 0.2) is 84.9 Å². The van der Waals surface area contributed by atoms with Gasteiger partial charge in [-0.1, -0.05) is 93.6 Å². The smallest absolute Gasteiger partial charge is 0.319 e. The van der Waals surface area contributed by atoms with Gasteiger partial charge in [0.05, 0.1) is 0 Å². The van der Waals surface area contributed by atoms with Crippen molar-refractivity contribution in [3.05, 3.63) is 90.5 Å². The Morgan fingerprint density at radius 2 is 1.34 bits per heavy atom. The van der Waals surface area contributed by atoms with Gasteiger partial charge in [-0.25, -0.2) is 0 Å². The lowest BCUT2D eigenvalue weighted by atomic mass is 10.1. The van der Waals surface area contributed by atoms with Gasteiger partial charge in [-0.15, -0.1) is 0 Å². The molecule has 2 N–H and O–H groups in total. The van der Waals surface area contributed by atoms with Crippen molar-refractivity contribution in [3.63, 3.8) is 0 Å². The van der Waals surface area contributed by atoms with Gasteiger partial charge in [0, 0.05) is 0 Å². The van der Waals surface area contributed by atoms with Crippen LogP contribution in [0.1, 0.15) is 39.2 Å². The maximum atomic E-state index is 7.10. The molecular formula is C26H33NOSi. The molecule has 0 fully saturated rings. The highest BCUT2D eigenvalue weighted by atomic mass is 28.4. The summed E-state index contributed by atoms with van der Waals surface area (Å²) in [6, 6.07) is 30.2. The highest BCUT2D eigenvalue weighted by Crippen LogP contribution is 2.37. The predicted molar refractivity (Wildman–Crippen MR) is 127 cm³/mol. The average Bonchev–Trinajstić information content (AvgIpc) is 2.73. The van der Waals surface area contributed by atoms with Gasteiger partial charge in [-0.2, -0.15) is 0 Å². The van der Waals surface area contributed by atoms with E-state index in [1.807, 2.05) is 0 Å². The van der Waals surface area contributed by atoms with Crippen molar-refractivity contribution in [2.24, 2.45) is 5.73 Å². The van der Waals surface area contributed by atoms with Crippen LogP contribution >= 0.6 is 0 Å². The van der Waals surface area contributed by atoms with E-state index in [4.69, 9.17) is 10.2 Å². The summed E-state index contributed by atoms with van der Waals surface area (Å²) in [5, 5.41) is 2.56. The molecule has 0 heterocycles. The molecule has 3 aromatic rings. The molecule has 152 valence electrons. The fourth-order valence-electron chi connectivity index (χ4n) is 4.06. The zero-order chi connectivity index (χ0) is 20.7. The summed E-state index contributed by atoms with van der Waals surface area (Å²) >= 11 is 0. The van der Waals surface area contributed by atoms with E-state index >= 15 is 0 Å². The number of hydrogen-bond donors (Lipinski definition) is 1. The molecule has 0 spiro atoms. The number of hydrogen-bond acceptors (Lipinski definition) is 2. The van der Waals surface area contributed by atoms with Crippen LogP contribution in [0, 0.1) is 0 Å². The van der Waals surface area contributed by atoms with Gasteiger partial charge in [0.1, 0.15) is 5.75 Å². The van der Waals surface area contributed by atoms with Crippen LogP contribution < -0.4 is 20.5 Å². The van der Waals surface area contributed by atoms with E-state index in [2.05, 4.69) is 106 Å². The lowest BCUT2D eigenvalue weighted by molar-refractivity contribution is 0.507. The van der Waals surface area contributed by atoms with E-state index in [1.54, 1.807) is 0 Å². The van der Waals surface area contributed by atoms with Crippen LogP contribution in [-0.2, 0) is 6.42 Å². The van der Waals surface area contributed by atoms with Gasteiger partial charge in [-0.05, 0) is 58.9 Å². The fourth-order valence-corrected chi connectivity index (χ4v) is 8.48. The second-order valence-corrected chi connectivity index (χ2v) is 12.9. The Morgan fingerprint density at radius 1 is 0.759 bits per heavy atom. The Balaban J connectivity index is 2.08. The maximum absolute atomic E-state index is 7.10. The summed E-state index contributed by atoms with van der Waals surface area (Å²) in [6.07, 6.45) is 3.20. The van der Waals surface area contributed by atoms with E-state index in [1.165, 1.54) is 15.9 Å². The van der Waals surface area contributed by atoms with Crippen molar-refractivity contribution in [1.29, 1.82) is 0 Å². The molecule has 3 heteroatoms. The van der Waals surface area contributed by atoms with Gasteiger partial charge >= 0.3 is 8.32 Å². The standard InChI is InChI=1S/C26H33NOSi/c1-26(2,3)29(24-16-6-4-7-17-24,25-18-8-5-9-19-25)28-23-15-12-14-22(21-23)13-10-11-20-27/h4-9,12,14-19,21H,10-11,13,20,27H2,1-3H3. The quantitative estimate of drug-likeness (QED) is 0.428. The van der Waals surface area contributed by atoms with Crippen LogP contribution in [0.5, 0.6) is 5.75 Å². The maximum Gasteiger partial charge on any atom is 0.319 e. The van der Waals surface area contributed by atoms with Crippen molar-refractivity contribution in [2.45, 2.75) is 45.1 Å². The third kappa shape index (κ3) is 4.80. The molecule has 3 rings (SSSR count). The Kier molecular flexibility index (Phi) is 6.94. The third-order valence-electron chi connectivity index (χ3n) is 5.51. The van der Waals surface area contributed by atoms with Crippen molar-refractivity contribution in [2.75, 3.05) is 6.54 Å². The largest absolute Gasteiger partial charge is 0.534 e. The van der Waals surface area contributed by atoms with Crippen LogP contribution in [-0.4, -0.2) is 14.9 Å². The summed E-state index contributed by atoms with van der Waals surface area (Å²) in [5.74, 6) is 0.963. The van der Waals surface area contributed by atoms with Crippen LogP contribution in [0.25, 0.3) is 0 Å². The lowest BCUT2D eigenvalue weighted by Gasteiger charge is -2.43. The van der Waals surface area contributed by atoms with Crippen molar-refractivity contribution >= 4 is 18.7 Å². The first-order valence-corrected chi connectivity index (χ1v) is 12.5. The molecule has 0 aliphatic carbocycles. The summed E-state index contributed by atoms with van der Waals surface area (Å²) < 4.78 is 7.10. The zero-order valence-electron chi connectivity index (χ0n) is 17.9. The second-order valence-electron chi connectivity index (χ2n) is 8.66. The van der Waals surface area contributed by atoms with Crippen molar-refractivity contribution in [3.8, 4) is 5.75 Å². The van der Waals surface area contributed by atoms with Crippen LogP contribution in [0.4, 0.5) is 0 Å². The summed E-state index contributed by atoms with van der Waals surface area (Å²) in [4.78, 5) is 0. The first kappa shape index (κ1) is 21.3. The average molecular weight is 404 g/mol. The molecule has 3 aromatic carbocycles. The summed E-state index contributed by atoms with van der Waals surface area (Å²) in [7, 11) is -2.57. The highest BCUT2D eigenvalue weighted by Gasteiger charge is 2.52. The molecule has 29 heavy (non-hydrogen) atoms. The van der Waals surface area contributed by atoms with Crippen molar-refractivity contribution < 1.29 is 4.43 Å². The highest BCUT2D eigenvalue weighted by molar-refractivity contribution is 7.00. The van der Waals surface area contributed by atoms with Gasteiger partial charge in [-0.3, -0.25) is 0 Å². The van der Waals surface area contributed by atoms with Gasteiger partial charge in [0.15, 0.2) is 0 Å². The Hall–Kier alpha value is -2.36. The molecule has 0 atom stereocenters. The molecule has 2 nitrogen and oxygen atoms in total. The fraction of sp³-hybridized carbons (Fsp3) is 0.308. The lowest BCUT2D eigenvalue weighted by Crippen LogP contribution is -2.68. The number of unbranched alkanes of at least 4 members (excludes halogenated alkanes) is 1. The van der Waals surface area contributed by atoms with Crippen LogP contribution in [0.3, 0.4) is 0 Å². The van der Waals surface area contributed by atoms with E-state index in [0.717, 1.165) is 31.6 Å². The number of rotatable bonds is 8. The molecule has 0 aliphatic rings. The van der Waals surface area contributed by atoms with E-state index in [0.29, 0.717) is 0 Å². The minimum Gasteiger partial charge on any atom is -0.534 e. The van der Waals surface area contributed by atoms with E-state index < -0.39 is 8.32 Å². The topological polar surface area (TPSA) is 35.2 Å². The SMILES string of the molecule is CC(C)(C)[Si](Oc1cccc(CCCCN)c1)(c1ccccc1)c1ccccc1. The van der Waals surface area contributed by atoms with Gasteiger partial charge < -0.3 is 10.2 Å². The van der Waals surface area contributed by atoms with E-state index in [9.17, 15) is 0 Å². The Labute approximate surface area is 176 Å². The summed E-state index contributed by atoms with van der Waals surface area (Å²) in [5.41, 5.74) is 6.98. The molecule has 0 saturated carbocycles. The predicted octanol–water partition coefficient (Wildman–Crippen LogP) is 4.91. The first-order valence-electron chi connectivity index (χ1n) is 10.6. The molecule has 0 radical (unpaired) electrons. The molecular weight excluding hydrogens is 370 g/mol. The number of benzene rings is 3. The minimum absolute atomic E-state index is 0.0364. The van der Waals surface area contributed by atoms with Gasteiger partial charge in [0.25, 0.3) is 0 Å². The molecule has 0 aromatic heterocycles. The number of aryl methyl sites for hydroxylation is 1. The molecule has 0 bridgehead atoms. The monoisotopic (exact) mass is 403 g/mol. The molecule has 0 aliphatic heterocycles. The third-order valence-corrected chi connectivity index (χ3v) is 10.5. The Bertz CT molecular complexity index is 848. The second kappa shape index (κ2) is 9.42. The normalized spacial score (nSPS) is 12.0. The molecule has 0 unspecified atom stereocenters.